The highest BCUT2D eigenvalue weighted by Crippen LogP contribution is 2.36. The minimum atomic E-state index is -4.67. The summed E-state index contributed by atoms with van der Waals surface area (Å²) in [4.78, 5) is 11.0. The summed E-state index contributed by atoms with van der Waals surface area (Å²) in [5, 5.41) is 2.28. The average Bonchev–Trinajstić information content (AvgIpc) is 2.27. The molecule has 0 radical (unpaired) electrons. The number of hydrogen-bond donors (Lipinski definition) is 1. The van der Waals surface area contributed by atoms with Crippen molar-refractivity contribution in [3.05, 3.63) is 35.1 Å². The molecule has 1 aromatic carbocycles. The molecule has 1 saturated heterocycles. The lowest BCUT2D eigenvalue weighted by molar-refractivity contribution is -0.138. The van der Waals surface area contributed by atoms with Gasteiger partial charge < -0.3 is 10.1 Å². The van der Waals surface area contributed by atoms with E-state index in [1.807, 2.05) is 0 Å². The van der Waals surface area contributed by atoms with E-state index in [0.717, 1.165) is 12.1 Å². The number of benzene rings is 1. The van der Waals surface area contributed by atoms with Crippen LogP contribution in [0.25, 0.3) is 0 Å². The second kappa shape index (κ2) is 5.64. The lowest BCUT2D eigenvalue weighted by atomic mass is 9.97. The van der Waals surface area contributed by atoms with Gasteiger partial charge in [0, 0.05) is 6.42 Å². The van der Waals surface area contributed by atoms with E-state index in [1.54, 1.807) is 0 Å². The van der Waals surface area contributed by atoms with Crippen LogP contribution in [-0.4, -0.2) is 12.7 Å². The molecule has 0 saturated carbocycles. The molecule has 19 heavy (non-hydrogen) atoms. The summed E-state index contributed by atoms with van der Waals surface area (Å²) in [6.45, 7) is 0.0329. The molecule has 0 spiro atoms. The summed E-state index contributed by atoms with van der Waals surface area (Å²) in [7, 11) is 0. The Morgan fingerprint density at radius 2 is 2.00 bits per heavy atom. The highest BCUT2D eigenvalue weighted by molar-refractivity contribution is 5.85. The van der Waals surface area contributed by atoms with Crippen molar-refractivity contribution in [1.82, 2.24) is 5.32 Å². The van der Waals surface area contributed by atoms with Gasteiger partial charge in [-0.15, -0.1) is 12.4 Å². The van der Waals surface area contributed by atoms with Crippen LogP contribution in [0.4, 0.5) is 22.4 Å². The third-order valence-corrected chi connectivity index (χ3v) is 2.63. The predicted molar refractivity (Wildman–Crippen MR) is 60.5 cm³/mol. The second-order valence-electron chi connectivity index (χ2n) is 3.85. The fourth-order valence-corrected chi connectivity index (χ4v) is 1.84. The molecule has 1 atom stereocenters. The van der Waals surface area contributed by atoms with Crippen LogP contribution in [0, 0.1) is 5.82 Å². The van der Waals surface area contributed by atoms with E-state index >= 15 is 0 Å². The van der Waals surface area contributed by atoms with Gasteiger partial charge in [0.05, 0.1) is 18.2 Å². The Morgan fingerprint density at radius 1 is 1.32 bits per heavy atom. The number of nitrogens with one attached hydrogen (secondary N) is 1. The maximum atomic E-state index is 12.9. The number of carbonyl (C=O) groups is 1. The van der Waals surface area contributed by atoms with Crippen LogP contribution >= 0.6 is 12.4 Å². The number of alkyl halides is 3. The lowest BCUT2D eigenvalue weighted by Gasteiger charge is -2.26. The van der Waals surface area contributed by atoms with Gasteiger partial charge in [0.1, 0.15) is 5.82 Å². The first-order valence-corrected chi connectivity index (χ1v) is 5.18. The molecule has 0 bridgehead atoms. The Kier molecular flexibility index (Phi) is 4.62. The van der Waals surface area contributed by atoms with Crippen LogP contribution < -0.4 is 5.32 Å². The van der Waals surface area contributed by atoms with E-state index in [2.05, 4.69) is 10.1 Å². The fraction of sp³-hybridized carbons (Fsp3) is 0.364. The molecule has 106 valence electrons. The Labute approximate surface area is 112 Å². The van der Waals surface area contributed by atoms with Gasteiger partial charge in [-0.1, -0.05) is 6.07 Å². The van der Waals surface area contributed by atoms with E-state index in [-0.39, 0.29) is 31.0 Å². The summed E-state index contributed by atoms with van der Waals surface area (Å²) in [5.74, 6) is -0.968. The third-order valence-electron chi connectivity index (χ3n) is 2.63. The average molecular weight is 300 g/mol. The van der Waals surface area contributed by atoms with Crippen molar-refractivity contribution in [1.29, 1.82) is 0 Å². The van der Waals surface area contributed by atoms with Gasteiger partial charge in [0.2, 0.25) is 0 Å². The quantitative estimate of drug-likeness (QED) is 0.807. The zero-order valence-corrected chi connectivity index (χ0v) is 10.3. The third kappa shape index (κ3) is 3.50. The van der Waals surface area contributed by atoms with Crippen molar-refractivity contribution in [2.24, 2.45) is 0 Å². The van der Waals surface area contributed by atoms with Crippen molar-refractivity contribution in [3.63, 3.8) is 0 Å². The van der Waals surface area contributed by atoms with E-state index in [0.29, 0.717) is 6.07 Å². The highest BCUT2D eigenvalue weighted by atomic mass is 35.5. The van der Waals surface area contributed by atoms with E-state index in [4.69, 9.17) is 0 Å². The first-order valence-electron chi connectivity index (χ1n) is 5.18. The first-order chi connectivity index (χ1) is 8.38. The van der Waals surface area contributed by atoms with Gasteiger partial charge in [-0.25, -0.2) is 9.18 Å². The molecule has 1 fully saturated rings. The van der Waals surface area contributed by atoms with Crippen LogP contribution in [0.15, 0.2) is 18.2 Å². The molecule has 3 nitrogen and oxygen atoms in total. The number of ether oxygens (including phenoxy) is 1. The van der Waals surface area contributed by atoms with Crippen LogP contribution in [0.5, 0.6) is 0 Å². The number of amides is 1. The Balaban J connectivity index is 0.00000180. The number of alkyl carbamates (subject to hydrolysis) is 1. The molecule has 1 amide bonds. The molecule has 1 N–H and O–H groups in total. The molecule has 0 aromatic heterocycles. The Hall–Kier alpha value is -1.50. The highest BCUT2D eigenvalue weighted by Gasteiger charge is 2.36. The molecular formula is C11H10ClF4NO2. The standard InChI is InChI=1S/C11H9F4NO2.ClH/c12-6-1-2-7(8(5-6)11(13,14)15)9-3-4-18-10(17)16-9;/h1-2,5,9H,3-4H2,(H,16,17);1H/t9-;/m0./s1. The van der Waals surface area contributed by atoms with Crippen molar-refractivity contribution in [2.75, 3.05) is 6.61 Å². The Bertz CT molecular complexity index is 478. The van der Waals surface area contributed by atoms with E-state index in [9.17, 15) is 22.4 Å². The molecule has 1 aliphatic rings. The van der Waals surface area contributed by atoms with Gasteiger partial charge in [-0.3, -0.25) is 0 Å². The van der Waals surface area contributed by atoms with Crippen molar-refractivity contribution in [2.45, 2.75) is 18.6 Å². The zero-order valence-electron chi connectivity index (χ0n) is 9.46. The number of halogens is 5. The van der Waals surface area contributed by atoms with Gasteiger partial charge in [-0.2, -0.15) is 13.2 Å². The molecule has 0 aliphatic carbocycles. The number of rotatable bonds is 1. The summed E-state index contributed by atoms with van der Waals surface area (Å²) in [6.07, 6.45) is -5.23. The summed E-state index contributed by atoms with van der Waals surface area (Å²) in [5.41, 5.74) is -1.23. The van der Waals surface area contributed by atoms with Gasteiger partial charge in [-0.05, 0) is 17.7 Å². The molecular weight excluding hydrogens is 290 g/mol. The number of carbonyl (C=O) groups excluding carboxylic acids is 1. The first kappa shape index (κ1) is 15.6. The van der Waals surface area contributed by atoms with Crippen LogP contribution in [0.2, 0.25) is 0 Å². The summed E-state index contributed by atoms with van der Waals surface area (Å²) >= 11 is 0. The van der Waals surface area contributed by atoms with Gasteiger partial charge in [0.25, 0.3) is 0 Å². The predicted octanol–water partition coefficient (Wildman–Crippen LogP) is 3.44. The molecule has 1 heterocycles. The van der Waals surface area contributed by atoms with Crippen molar-refractivity contribution >= 4 is 18.5 Å². The normalized spacial score (nSPS) is 19.2. The molecule has 2 rings (SSSR count). The fourth-order valence-electron chi connectivity index (χ4n) is 1.84. The second-order valence-corrected chi connectivity index (χ2v) is 3.85. The maximum Gasteiger partial charge on any atom is 0.416 e. The van der Waals surface area contributed by atoms with Crippen molar-refractivity contribution < 1.29 is 27.1 Å². The largest absolute Gasteiger partial charge is 0.449 e. The minimum Gasteiger partial charge on any atom is -0.449 e. The molecule has 8 heteroatoms. The number of cyclic esters (lactones) is 1. The number of hydrogen-bond acceptors (Lipinski definition) is 2. The molecule has 0 unspecified atom stereocenters. The van der Waals surface area contributed by atoms with Gasteiger partial charge in [0.15, 0.2) is 0 Å². The maximum absolute atomic E-state index is 12.9. The summed E-state index contributed by atoms with van der Waals surface area (Å²) in [6, 6.07) is 1.58. The van der Waals surface area contributed by atoms with Crippen LogP contribution in [0.1, 0.15) is 23.6 Å². The summed E-state index contributed by atoms with van der Waals surface area (Å²) < 4.78 is 55.8. The molecule has 1 aromatic rings. The smallest absolute Gasteiger partial charge is 0.416 e. The molecule has 1 aliphatic heterocycles. The SMILES string of the molecule is Cl.O=C1N[C@H](c2ccc(F)cc2C(F)(F)F)CCO1. The van der Waals surface area contributed by atoms with Gasteiger partial charge >= 0.3 is 12.3 Å². The topological polar surface area (TPSA) is 38.3 Å². The van der Waals surface area contributed by atoms with Crippen molar-refractivity contribution in [3.8, 4) is 0 Å². The minimum absolute atomic E-state index is 0. The van der Waals surface area contributed by atoms with Crippen LogP contribution in [-0.2, 0) is 10.9 Å². The monoisotopic (exact) mass is 299 g/mol. The van der Waals surface area contributed by atoms with E-state index < -0.39 is 29.7 Å². The van der Waals surface area contributed by atoms with Crippen LogP contribution in [0.3, 0.4) is 0 Å². The zero-order chi connectivity index (χ0) is 13.3. The lowest BCUT2D eigenvalue weighted by Crippen LogP contribution is -2.36. The van der Waals surface area contributed by atoms with E-state index in [1.165, 1.54) is 0 Å². The Morgan fingerprint density at radius 3 is 2.58 bits per heavy atom.